The van der Waals surface area contributed by atoms with Crippen molar-refractivity contribution in [3.63, 3.8) is 0 Å². The van der Waals surface area contributed by atoms with Crippen molar-refractivity contribution >= 4 is 11.2 Å². The number of rotatable bonds is 4. The molecule has 2 heterocycles. The minimum absolute atomic E-state index is 0.173. The third-order valence-electron chi connectivity index (χ3n) is 3.05. The zero-order chi connectivity index (χ0) is 15.6. The van der Waals surface area contributed by atoms with E-state index in [-0.39, 0.29) is 5.52 Å². The number of hydrogen-bond donors (Lipinski definition) is 1. The first-order chi connectivity index (χ1) is 9.97. The van der Waals surface area contributed by atoms with Crippen molar-refractivity contribution in [3.05, 3.63) is 63.6 Å². The Bertz CT molecular complexity index is 873. The maximum absolute atomic E-state index is 12.1. The molecule has 0 aliphatic rings. The smallest absolute Gasteiger partial charge is 0.266 e. The minimum Gasteiger partial charge on any atom is -0.266 e. The van der Waals surface area contributed by atoms with E-state index < -0.39 is 11.2 Å². The highest BCUT2D eigenvalue weighted by atomic mass is 16.2. The van der Waals surface area contributed by atoms with Crippen LogP contribution in [-0.4, -0.2) is 19.6 Å². The lowest BCUT2D eigenvalue weighted by molar-refractivity contribution is -0.708. The maximum Gasteiger partial charge on any atom is 0.416 e. The van der Waals surface area contributed by atoms with E-state index in [0.29, 0.717) is 17.9 Å². The Morgan fingerprint density at radius 3 is 2.76 bits per heavy atom. The molecule has 2 aromatic rings. The fraction of sp³-hybridized carbons (Fsp3) is 0.214. The number of aromatic nitrogens is 5. The summed E-state index contributed by atoms with van der Waals surface area (Å²) in [6, 6.07) is 0. The molecule has 0 spiro atoms. The molecule has 0 radical (unpaired) electrons. The number of aromatic amines is 1. The van der Waals surface area contributed by atoms with Crippen LogP contribution < -0.4 is 15.9 Å². The normalized spacial score (nSPS) is 11.6. The Balaban J connectivity index is 2.67. The van der Waals surface area contributed by atoms with Crippen molar-refractivity contribution in [1.29, 1.82) is 0 Å². The highest BCUT2D eigenvalue weighted by Crippen LogP contribution is 2.05. The summed E-state index contributed by atoms with van der Waals surface area (Å²) in [5.74, 6) is 0.460. The summed E-state index contributed by atoms with van der Waals surface area (Å²) < 4.78 is 2.42. The molecule has 0 bridgehead atoms. The van der Waals surface area contributed by atoms with Crippen molar-refractivity contribution in [2.75, 3.05) is 0 Å². The minimum atomic E-state index is -0.502. The van der Waals surface area contributed by atoms with Crippen LogP contribution >= 0.6 is 0 Å². The number of fused-ring (bicyclic) bond motifs is 1. The van der Waals surface area contributed by atoms with Crippen molar-refractivity contribution in [3.8, 4) is 0 Å². The van der Waals surface area contributed by atoms with Crippen LogP contribution in [0.25, 0.3) is 11.2 Å². The van der Waals surface area contributed by atoms with Gasteiger partial charge < -0.3 is 0 Å². The lowest BCUT2D eigenvalue weighted by Gasteiger charge is -2.02. The quantitative estimate of drug-likeness (QED) is 0.617. The molecule has 0 aliphatic carbocycles. The van der Waals surface area contributed by atoms with Gasteiger partial charge in [-0.2, -0.15) is 4.98 Å². The van der Waals surface area contributed by atoms with Crippen LogP contribution in [0.3, 0.4) is 0 Å². The van der Waals surface area contributed by atoms with E-state index in [0.717, 1.165) is 10.1 Å². The first-order valence-electron chi connectivity index (χ1n) is 6.28. The second-order valence-electron chi connectivity index (χ2n) is 4.50. The highest BCUT2D eigenvalue weighted by molar-refractivity contribution is 5.63. The zero-order valence-electron chi connectivity index (χ0n) is 12.0. The fourth-order valence-corrected chi connectivity index (χ4v) is 1.91. The monoisotopic (exact) mass is 286 g/mol. The van der Waals surface area contributed by atoms with Gasteiger partial charge in [0, 0.05) is 13.5 Å². The number of nitrogens with one attached hydrogen (secondary N) is 1. The molecular formula is C14H16N5O2+. The van der Waals surface area contributed by atoms with Gasteiger partial charge in [0.1, 0.15) is 7.05 Å². The van der Waals surface area contributed by atoms with Crippen LogP contribution in [0.2, 0.25) is 0 Å². The summed E-state index contributed by atoms with van der Waals surface area (Å²) >= 11 is 0. The second-order valence-corrected chi connectivity index (χ2v) is 4.50. The summed E-state index contributed by atoms with van der Waals surface area (Å²) in [5, 5.41) is 4.25. The topological polar surface area (TPSA) is 84.5 Å². The average molecular weight is 286 g/mol. The van der Waals surface area contributed by atoms with Gasteiger partial charge in [0.2, 0.25) is 5.52 Å². The van der Waals surface area contributed by atoms with E-state index in [1.54, 1.807) is 25.3 Å². The predicted molar refractivity (Wildman–Crippen MR) is 78.8 cm³/mol. The largest absolute Gasteiger partial charge is 0.416 e. The van der Waals surface area contributed by atoms with Gasteiger partial charge in [-0.3, -0.25) is 4.79 Å². The molecule has 0 saturated heterocycles. The fourth-order valence-electron chi connectivity index (χ4n) is 1.91. The number of hydrogen-bond acceptors (Lipinski definition) is 4. The third kappa shape index (κ3) is 2.71. The van der Waals surface area contributed by atoms with Gasteiger partial charge in [0.25, 0.3) is 5.56 Å². The van der Waals surface area contributed by atoms with E-state index in [1.807, 2.05) is 0 Å². The Hall–Kier alpha value is -2.83. The number of allylic oxidation sites excluding steroid dienone is 4. The number of nitrogens with zero attached hydrogens (tertiary/aromatic N) is 4. The van der Waals surface area contributed by atoms with Gasteiger partial charge in [-0.15, -0.1) is 4.68 Å². The lowest BCUT2D eigenvalue weighted by atomic mass is 10.1. The standard InChI is InChI=1S/C14H15N5O2/c1-5-7-9(6-2)8-10-15-11-12(19(4)17-10)16-14(21)18(3)13(11)20/h5-7H,1-2,8H2,3-4H3/p+1/b9-7+. The van der Waals surface area contributed by atoms with E-state index in [2.05, 4.69) is 28.2 Å². The van der Waals surface area contributed by atoms with Crippen LogP contribution in [0.4, 0.5) is 0 Å². The summed E-state index contributed by atoms with van der Waals surface area (Å²) in [7, 11) is 3.04. The second kappa shape index (κ2) is 5.66. The maximum atomic E-state index is 12.1. The Morgan fingerprint density at radius 2 is 2.14 bits per heavy atom. The van der Waals surface area contributed by atoms with Gasteiger partial charge in [0.15, 0.2) is 5.82 Å². The Labute approximate surface area is 120 Å². The van der Waals surface area contributed by atoms with E-state index in [9.17, 15) is 9.59 Å². The van der Waals surface area contributed by atoms with E-state index in [1.165, 1.54) is 11.7 Å². The molecule has 0 fully saturated rings. The first kappa shape index (κ1) is 14.6. The van der Waals surface area contributed by atoms with Crippen LogP contribution in [0.5, 0.6) is 0 Å². The molecule has 0 aromatic carbocycles. The summed E-state index contributed by atoms with van der Waals surface area (Å²) in [6.07, 6.45) is 5.54. The predicted octanol–water partition coefficient (Wildman–Crippen LogP) is -0.318. The third-order valence-corrected chi connectivity index (χ3v) is 3.05. The van der Waals surface area contributed by atoms with E-state index >= 15 is 0 Å². The molecule has 0 atom stereocenters. The van der Waals surface area contributed by atoms with Crippen molar-refractivity contribution in [2.24, 2.45) is 14.1 Å². The van der Waals surface area contributed by atoms with Gasteiger partial charge >= 0.3 is 11.3 Å². The van der Waals surface area contributed by atoms with Gasteiger partial charge in [-0.25, -0.2) is 14.3 Å². The van der Waals surface area contributed by atoms with Gasteiger partial charge in [0.05, 0.1) is 0 Å². The molecule has 7 heteroatoms. The Kier molecular flexibility index (Phi) is 3.93. The lowest BCUT2D eigenvalue weighted by Crippen LogP contribution is -2.43. The van der Waals surface area contributed by atoms with Gasteiger partial charge in [-0.1, -0.05) is 36.5 Å². The van der Waals surface area contributed by atoms with Gasteiger partial charge in [-0.05, 0) is 5.57 Å². The van der Waals surface area contributed by atoms with Crippen molar-refractivity contribution in [1.82, 2.24) is 19.6 Å². The van der Waals surface area contributed by atoms with Crippen molar-refractivity contribution in [2.45, 2.75) is 6.42 Å². The SMILES string of the molecule is C=C/C=C(\C=C)Cc1nc2c(=O)n(C)c(=O)[nH]c2[n+](C)n1. The molecule has 0 aliphatic heterocycles. The summed E-state index contributed by atoms with van der Waals surface area (Å²) in [4.78, 5) is 30.6. The molecule has 2 aromatic heterocycles. The molecule has 0 unspecified atom stereocenters. The average Bonchev–Trinajstić information content (AvgIpc) is 2.46. The van der Waals surface area contributed by atoms with Crippen LogP contribution in [-0.2, 0) is 20.5 Å². The zero-order valence-corrected chi connectivity index (χ0v) is 12.0. The number of aryl methyl sites for hydroxylation is 1. The molecular weight excluding hydrogens is 270 g/mol. The highest BCUT2D eigenvalue weighted by Gasteiger charge is 2.17. The molecule has 0 saturated carbocycles. The molecule has 21 heavy (non-hydrogen) atoms. The molecule has 108 valence electrons. The summed E-state index contributed by atoms with van der Waals surface area (Å²) in [6.45, 7) is 7.34. The molecule has 1 N–H and O–H groups in total. The summed E-state index contributed by atoms with van der Waals surface area (Å²) in [5.41, 5.74) is 0.385. The number of H-pyrrole nitrogens is 1. The van der Waals surface area contributed by atoms with Crippen molar-refractivity contribution < 1.29 is 4.68 Å². The van der Waals surface area contributed by atoms with Crippen LogP contribution in [0.1, 0.15) is 5.82 Å². The van der Waals surface area contributed by atoms with Crippen LogP contribution in [0, 0.1) is 0 Å². The Morgan fingerprint density at radius 1 is 1.43 bits per heavy atom. The first-order valence-corrected chi connectivity index (χ1v) is 6.28. The van der Waals surface area contributed by atoms with E-state index in [4.69, 9.17) is 0 Å². The molecule has 2 rings (SSSR count). The molecule has 0 amide bonds. The van der Waals surface area contributed by atoms with Crippen LogP contribution in [0.15, 0.2) is 46.5 Å². The molecule has 7 nitrogen and oxygen atoms in total.